The molecule has 1 amide bonds. The minimum atomic E-state index is -0.148. The van der Waals surface area contributed by atoms with Gasteiger partial charge >= 0.3 is 0 Å². The van der Waals surface area contributed by atoms with E-state index in [9.17, 15) is 4.79 Å². The summed E-state index contributed by atoms with van der Waals surface area (Å²) in [4.78, 5) is 14.7. The van der Waals surface area contributed by atoms with Gasteiger partial charge < -0.3 is 9.64 Å². The topological polar surface area (TPSA) is 29.5 Å². The summed E-state index contributed by atoms with van der Waals surface area (Å²) in [5.41, 5.74) is 0. The molecule has 0 radical (unpaired) electrons. The van der Waals surface area contributed by atoms with E-state index in [0.29, 0.717) is 27.4 Å². The van der Waals surface area contributed by atoms with Crippen molar-refractivity contribution in [1.29, 1.82) is 0 Å². The largest absolute Gasteiger partial charge is 0.482 e. The third-order valence-electron chi connectivity index (χ3n) is 2.72. The Balaban J connectivity index is 1.93. The van der Waals surface area contributed by atoms with Crippen LogP contribution in [0.25, 0.3) is 0 Å². The number of likely N-dealkylation sites (N-methyl/N-ethyl adjacent to an activating group) is 1. The molecule has 21 heavy (non-hydrogen) atoms. The van der Waals surface area contributed by atoms with E-state index < -0.39 is 0 Å². The van der Waals surface area contributed by atoms with Gasteiger partial charge in [-0.05, 0) is 17.5 Å². The third-order valence-corrected chi connectivity index (χ3v) is 4.60. The van der Waals surface area contributed by atoms with Crippen molar-refractivity contribution in [1.82, 2.24) is 4.90 Å². The van der Waals surface area contributed by atoms with Crippen LogP contribution in [-0.2, 0) is 11.3 Å². The Morgan fingerprint density at radius 2 is 1.95 bits per heavy atom. The van der Waals surface area contributed by atoms with Crippen molar-refractivity contribution in [3.63, 3.8) is 0 Å². The van der Waals surface area contributed by atoms with Crippen molar-refractivity contribution in [2.45, 2.75) is 6.54 Å². The molecule has 0 N–H and O–H groups in total. The second kappa shape index (κ2) is 7.36. The number of halogens is 3. The van der Waals surface area contributed by atoms with Crippen molar-refractivity contribution in [3.05, 3.63) is 49.6 Å². The van der Waals surface area contributed by atoms with E-state index in [1.165, 1.54) is 12.1 Å². The molecule has 2 rings (SSSR count). The highest BCUT2D eigenvalue weighted by atomic mass is 35.5. The average Bonchev–Trinajstić information content (AvgIpc) is 2.93. The van der Waals surface area contributed by atoms with E-state index >= 15 is 0 Å². The summed E-state index contributed by atoms with van der Waals surface area (Å²) in [5, 5.41) is 2.96. The van der Waals surface area contributed by atoms with Crippen LogP contribution >= 0.6 is 46.1 Å². The van der Waals surface area contributed by atoms with Crippen LogP contribution in [0.15, 0.2) is 29.6 Å². The first-order valence-corrected chi connectivity index (χ1v) is 8.02. The van der Waals surface area contributed by atoms with Crippen molar-refractivity contribution in [2.24, 2.45) is 0 Å². The van der Waals surface area contributed by atoms with Gasteiger partial charge in [0.15, 0.2) is 6.61 Å². The summed E-state index contributed by atoms with van der Waals surface area (Å²) < 4.78 is 5.41. The molecule has 0 unspecified atom stereocenters. The Hall–Kier alpha value is -0.940. The Labute approximate surface area is 142 Å². The van der Waals surface area contributed by atoms with Crippen LogP contribution in [0.4, 0.5) is 0 Å². The van der Waals surface area contributed by atoms with E-state index in [2.05, 4.69) is 0 Å². The molecule has 3 nitrogen and oxygen atoms in total. The first kappa shape index (κ1) is 16.4. The number of nitrogens with zero attached hydrogens (tertiary/aromatic N) is 1. The molecule has 0 aliphatic heterocycles. The molecule has 0 aliphatic carbocycles. The first-order valence-electron chi connectivity index (χ1n) is 6.01. The molecular formula is C14H12Cl3NO2S. The summed E-state index contributed by atoms with van der Waals surface area (Å²) in [5.74, 6) is 0.189. The van der Waals surface area contributed by atoms with Gasteiger partial charge in [-0.1, -0.05) is 40.9 Å². The van der Waals surface area contributed by atoms with Gasteiger partial charge in [-0.25, -0.2) is 0 Å². The maximum atomic E-state index is 12.0. The SMILES string of the molecule is CN(Cc1cccs1)C(=O)COc1cc(Cl)c(Cl)cc1Cl. The third kappa shape index (κ3) is 4.51. The molecule has 0 spiro atoms. The van der Waals surface area contributed by atoms with Crippen molar-refractivity contribution < 1.29 is 9.53 Å². The highest BCUT2D eigenvalue weighted by Gasteiger charge is 2.13. The zero-order valence-corrected chi connectivity index (χ0v) is 14.2. The predicted molar refractivity (Wildman–Crippen MR) is 87.8 cm³/mol. The summed E-state index contributed by atoms with van der Waals surface area (Å²) in [6.45, 7) is 0.439. The van der Waals surface area contributed by atoms with Crippen LogP contribution in [0.2, 0.25) is 15.1 Å². The molecule has 0 bridgehead atoms. The number of amides is 1. The highest BCUT2D eigenvalue weighted by molar-refractivity contribution is 7.09. The van der Waals surface area contributed by atoms with E-state index in [1.54, 1.807) is 23.3 Å². The molecule has 0 fully saturated rings. The molecule has 2 aromatic rings. The maximum absolute atomic E-state index is 12.0. The summed E-state index contributed by atoms with van der Waals surface area (Å²) >= 11 is 19.3. The average molecular weight is 365 g/mol. The standard InChI is InChI=1S/C14H12Cl3NO2S/c1-18(7-9-3-2-4-21-9)14(19)8-20-13-6-11(16)10(15)5-12(13)17/h2-6H,7-8H2,1H3. The maximum Gasteiger partial charge on any atom is 0.260 e. The van der Waals surface area contributed by atoms with Gasteiger partial charge in [0, 0.05) is 18.0 Å². The second-order valence-corrected chi connectivity index (χ2v) is 6.57. The summed E-state index contributed by atoms with van der Waals surface area (Å²) in [7, 11) is 1.72. The lowest BCUT2D eigenvalue weighted by Gasteiger charge is -2.17. The number of hydrogen-bond donors (Lipinski definition) is 0. The minimum Gasteiger partial charge on any atom is -0.482 e. The fourth-order valence-electron chi connectivity index (χ4n) is 1.59. The van der Waals surface area contributed by atoms with E-state index in [4.69, 9.17) is 39.5 Å². The van der Waals surface area contributed by atoms with Gasteiger partial charge in [-0.15, -0.1) is 11.3 Å². The van der Waals surface area contributed by atoms with Crippen LogP contribution in [0.1, 0.15) is 4.88 Å². The van der Waals surface area contributed by atoms with Gasteiger partial charge in [0.2, 0.25) is 0 Å². The monoisotopic (exact) mass is 363 g/mol. The normalized spacial score (nSPS) is 10.5. The van der Waals surface area contributed by atoms with E-state index in [1.807, 2.05) is 17.5 Å². The quantitative estimate of drug-likeness (QED) is 0.717. The first-order chi connectivity index (χ1) is 9.97. The fourth-order valence-corrected chi connectivity index (χ4v) is 2.94. The number of hydrogen-bond acceptors (Lipinski definition) is 3. The molecule has 112 valence electrons. The number of benzene rings is 1. The van der Waals surface area contributed by atoms with Crippen molar-refractivity contribution in [2.75, 3.05) is 13.7 Å². The molecule has 0 atom stereocenters. The predicted octanol–water partition coefficient (Wildman–Crippen LogP) is 4.75. The Kier molecular flexibility index (Phi) is 5.76. The fraction of sp³-hybridized carbons (Fsp3) is 0.214. The summed E-state index contributed by atoms with van der Waals surface area (Å²) in [6.07, 6.45) is 0. The molecular weight excluding hydrogens is 353 g/mol. The Bertz CT molecular complexity index is 631. The molecule has 1 heterocycles. The number of carbonyl (C=O) groups excluding carboxylic acids is 1. The molecule has 0 aliphatic rings. The van der Waals surface area contributed by atoms with E-state index in [0.717, 1.165) is 4.88 Å². The van der Waals surface area contributed by atoms with Crippen LogP contribution in [-0.4, -0.2) is 24.5 Å². The minimum absolute atomic E-state index is 0.112. The van der Waals surface area contributed by atoms with Crippen molar-refractivity contribution >= 4 is 52.0 Å². The number of rotatable bonds is 5. The van der Waals surface area contributed by atoms with Crippen molar-refractivity contribution in [3.8, 4) is 5.75 Å². The molecule has 7 heteroatoms. The van der Waals surface area contributed by atoms with Gasteiger partial charge in [-0.2, -0.15) is 0 Å². The molecule has 1 aromatic heterocycles. The molecule has 1 aromatic carbocycles. The zero-order valence-electron chi connectivity index (χ0n) is 11.1. The number of carbonyl (C=O) groups is 1. The molecule has 0 saturated carbocycles. The van der Waals surface area contributed by atoms with Gasteiger partial charge in [0.25, 0.3) is 5.91 Å². The van der Waals surface area contributed by atoms with E-state index in [-0.39, 0.29) is 12.5 Å². The number of ether oxygens (including phenoxy) is 1. The lowest BCUT2D eigenvalue weighted by Crippen LogP contribution is -2.30. The van der Waals surface area contributed by atoms with Gasteiger partial charge in [-0.3, -0.25) is 4.79 Å². The lowest BCUT2D eigenvalue weighted by molar-refractivity contribution is -0.132. The number of thiophene rings is 1. The van der Waals surface area contributed by atoms with Crippen LogP contribution in [0.5, 0.6) is 5.75 Å². The Morgan fingerprint density at radius 1 is 1.24 bits per heavy atom. The highest BCUT2D eigenvalue weighted by Crippen LogP contribution is 2.33. The second-order valence-electron chi connectivity index (χ2n) is 4.31. The van der Waals surface area contributed by atoms with Crippen LogP contribution < -0.4 is 4.74 Å². The van der Waals surface area contributed by atoms with Gasteiger partial charge in [0.1, 0.15) is 5.75 Å². The molecule has 0 saturated heterocycles. The lowest BCUT2D eigenvalue weighted by atomic mass is 10.3. The zero-order chi connectivity index (χ0) is 15.4. The summed E-state index contributed by atoms with van der Waals surface area (Å²) in [6, 6.07) is 6.91. The van der Waals surface area contributed by atoms with Gasteiger partial charge in [0.05, 0.1) is 21.6 Å². The smallest absolute Gasteiger partial charge is 0.260 e. The van der Waals surface area contributed by atoms with Crippen LogP contribution in [0.3, 0.4) is 0 Å². The Morgan fingerprint density at radius 3 is 2.62 bits per heavy atom. The van der Waals surface area contributed by atoms with Crippen LogP contribution in [0, 0.1) is 0 Å².